The maximum Gasteiger partial charge on any atom is 0.124 e. The van der Waals surface area contributed by atoms with Crippen molar-refractivity contribution in [2.75, 3.05) is 7.11 Å². The van der Waals surface area contributed by atoms with Crippen molar-refractivity contribution in [3.05, 3.63) is 28.8 Å². The normalized spacial score (nSPS) is 23.3. The van der Waals surface area contributed by atoms with Crippen LogP contribution in [0.25, 0.3) is 0 Å². The van der Waals surface area contributed by atoms with Crippen LogP contribution in [0.3, 0.4) is 0 Å². The summed E-state index contributed by atoms with van der Waals surface area (Å²) in [6.07, 6.45) is 4.90. The Morgan fingerprint density at radius 1 is 1.06 bits per heavy atom. The van der Waals surface area contributed by atoms with E-state index < -0.39 is 0 Å². The first-order valence-corrected chi connectivity index (χ1v) is 6.47. The molecule has 2 heteroatoms. The Bertz CT molecular complexity index is 447. The minimum Gasteiger partial charge on any atom is -0.496 e. The van der Waals surface area contributed by atoms with Crippen LogP contribution in [0.1, 0.15) is 42.4 Å². The largest absolute Gasteiger partial charge is 0.496 e. The smallest absolute Gasteiger partial charge is 0.124 e. The van der Waals surface area contributed by atoms with Gasteiger partial charge in [-0.05, 0) is 56.2 Å². The van der Waals surface area contributed by atoms with Gasteiger partial charge >= 0.3 is 0 Å². The lowest BCUT2D eigenvalue weighted by Crippen LogP contribution is -2.37. The molecule has 0 atom stereocenters. The summed E-state index contributed by atoms with van der Waals surface area (Å²) in [6, 6.07) is 4.57. The van der Waals surface area contributed by atoms with Gasteiger partial charge in [0.15, 0.2) is 0 Å². The monoisotopic (exact) mass is 231 g/mol. The highest BCUT2D eigenvalue weighted by Gasteiger charge is 2.64. The highest BCUT2D eigenvalue weighted by atomic mass is 16.5. The van der Waals surface area contributed by atoms with Gasteiger partial charge in [-0.3, -0.25) is 0 Å². The fourth-order valence-corrected chi connectivity index (χ4v) is 3.36. The molecule has 2 nitrogen and oxygen atoms in total. The molecule has 0 aliphatic heterocycles. The average Bonchev–Trinajstić information content (AvgIpc) is 3.12. The van der Waals surface area contributed by atoms with Crippen LogP contribution in [0.15, 0.2) is 12.1 Å². The van der Waals surface area contributed by atoms with E-state index >= 15 is 0 Å². The number of methoxy groups -OCH3 is 1. The summed E-state index contributed by atoms with van der Waals surface area (Å²) in [4.78, 5) is 0. The Hall–Kier alpha value is -1.02. The summed E-state index contributed by atoms with van der Waals surface area (Å²) < 4.78 is 5.43. The highest BCUT2D eigenvalue weighted by molar-refractivity contribution is 5.50. The van der Waals surface area contributed by atoms with Crippen LogP contribution in [0.5, 0.6) is 5.75 Å². The number of hydrogen-bond acceptors (Lipinski definition) is 2. The van der Waals surface area contributed by atoms with Crippen LogP contribution in [-0.2, 0) is 5.41 Å². The van der Waals surface area contributed by atoms with Gasteiger partial charge in [-0.1, -0.05) is 12.1 Å². The van der Waals surface area contributed by atoms with Gasteiger partial charge in [-0.25, -0.2) is 0 Å². The first-order chi connectivity index (χ1) is 8.02. The van der Waals surface area contributed by atoms with E-state index in [1.165, 1.54) is 42.4 Å². The molecule has 0 bridgehead atoms. The van der Waals surface area contributed by atoms with Crippen molar-refractivity contribution in [3.63, 3.8) is 0 Å². The summed E-state index contributed by atoms with van der Waals surface area (Å²) in [7, 11) is 1.74. The molecule has 0 spiro atoms. The van der Waals surface area contributed by atoms with Crippen molar-refractivity contribution in [1.82, 2.24) is 0 Å². The van der Waals surface area contributed by atoms with Crippen LogP contribution < -0.4 is 10.5 Å². The van der Waals surface area contributed by atoms with Gasteiger partial charge in [-0.2, -0.15) is 0 Å². The number of ether oxygens (including phenoxy) is 1. The van der Waals surface area contributed by atoms with Crippen molar-refractivity contribution < 1.29 is 4.74 Å². The van der Waals surface area contributed by atoms with E-state index in [0.29, 0.717) is 0 Å². The van der Waals surface area contributed by atoms with Gasteiger partial charge in [0, 0.05) is 11.0 Å². The van der Waals surface area contributed by atoms with E-state index in [1.54, 1.807) is 7.11 Å². The summed E-state index contributed by atoms with van der Waals surface area (Å²) in [5.41, 5.74) is 10.7. The molecule has 2 aliphatic carbocycles. The molecule has 0 amide bonds. The quantitative estimate of drug-likeness (QED) is 0.868. The Kier molecular flexibility index (Phi) is 2.13. The highest BCUT2D eigenvalue weighted by Crippen LogP contribution is 2.63. The third kappa shape index (κ3) is 1.43. The van der Waals surface area contributed by atoms with Crippen molar-refractivity contribution in [2.45, 2.75) is 50.5 Å². The Balaban J connectivity index is 2.05. The summed E-state index contributed by atoms with van der Waals surface area (Å²) in [6.45, 7) is 4.25. The van der Waals surface area contributed by atoms with Crippen LogP contribution in [0.4, 0.5) is 0 Å². The molecule has 1 aromatic carbocycles. The van der Waals surface area contributed by atoms with Crippen LogP contribution in [0, 0.1) is 13.8 Å². The van der Waals surface area contributed by atoms with Crippen molar-refractivity contribution in [3.8, 4) is 5.75 Å². The Morgan fingerprint density at radius 2 is 1.59 bits per heavy atom. The van der Waals surface area contributed by atoms with E-state index in [0.717, 1.165) is 5.75 Å². The number of hydrogen-bond donors (Lipinski definition) is 1. The Morgan fingerprint density at radius 3 is 1.94 bits per heavy atom. The molecule has 2 aliphatic rings. The fraction of sp³-hybridized carbons (Fsp3) is 0.600. The zero-order valence-corrected chi connectivity index (χ0v) is 11.0. The molecule has 0 heterocycles. The fourth-order valence-electron chi connectivity index (χ4n) is 3.36. The number of aryl methyl sites for hydroxylation is 2. The molecular weight excluding hydrogens is 210 g/mol. The van der Waals surface area contributed by atoms with Gasteiger partial charge in [0.05, 0.1) is 7.11 Å². The predicted octanol–water partition coefficient (Wildman–Crippen LogP) is 2.83. The van der Waals surface area contributed by atoms with Crippen molar-refractivity contribution in [2.24, 2.45) is 5.73 Å². The molecule has 2 saturated carbocycles. The zero-order chi connectivity index (χ0) is 12.3. The molecule has 92 valence electrons. The molecule has 1 aromatic rings. The molecule has 3 rings (SSSR count). The predicted molar refractivity (Wildman–Crippen MR) is 69.5 cm³/mol. The van der Waals surface area contributed by atoms with Crippen molar-refractivity contribution in [1.29, 1.82) is 0 Å². The summed E-state index contributed by atoms with van der Waals surface area (Å²) in [5, 5.41) is 0. The van der Waals surface area contributed by atoms with E-state index in [4.69, 9.17) is 10.5 Å². The van der Waals surface area contributed by atoms with Crippen molar-refractivity contribution >= 4 is 0 Å². The number of rotatable bonds is 3. The van der Waals surface area contributed by atoms with Gasteiger partial charge in [0.1, 0.15) is 5.75 Å². The summed E-state index contributed by atoms with van der Waals surface area (Å²) >= 11 is 0. The van der Waals surface area contributed by atoms with E-state index in [1.807, 2.05) is 0 Å². The summed E-state index contributed by atoms with van der Waals surface area (Å²) in [5.74, 6) is 1.02. The molecule has 0 saturated heterocycles. The molecule has 0 radical (unpaired) electrons. The molecule has 2 fully saturated rings. The molecule has 0 aromatic heterocycles. The minimum atomic E-state index is 0.0977. The molecule has 0 unspecified atom stereocenters. The lowest BCUT2D eigenvalue weighted by atomic mass is 9.84. The lowest BCUT2D eigenvalue weighted by molar-refractivity contribution is 0.407. The SMILES string of the molecule is COc1c(C)cc(C2(C3(N)CC3)CC2)cc1C. The zero-order valence-electron chi connectivity index (χ0n) is 11.0. The Labute approximate surface area is 103 Å². The third-order valence-electron chi connectivity index (χ3n) is 4.71. The van der Waals surface area contributed by atoms with Gasteiger partial charge in [0.2, 0.25) is 0 Å². The maximum absolute atomic E-state index is 6.46. The van der Waals surface area contributed by atoms with Crippen LogP contribution in [-0.4, -0.2) is 12.6 Å². The molecule has 2 N–H and O–H groups in total. The molecule has 17 heavy (non-hydrogen) atoms. The van der Waals surface area contributed by atoms with Crippen LogP contribution in [0.2, 0.25) is 0 Å². The maximum atomic E-state index is 6.46. The standard InChI is InChI=1S/C15H21NO/c1-10-8-12(9-11(2)13(10)17-3)14(4-5-14)15(16)6-7-15/h8-9H,4-7,16H2,1-3H3. The van der Waals surface area contributed by atoms with E-state index in [9.17, 15) is 0 Å². The van der Waals surface area contributed by atoms with Crippen LogP contribution >= 0.6 is 0 Å². The van der Waals surface area contributed by atoms with Gasteiger partial charge in [-0.15, -0.1) is 0 Å². The first-order valence-electron chi connectivity index (χ1n) is 6.47. The topological polar surface area (TPSA) is 35.2 Å². The van der Waals surface area contributed by atoms with Gasteiger partial charge in [0.25, 0.3) is 0 Å². The minimum absolute atomic E-state index is 0.0977. The first kappa shape index (κ1) is 11.1. The number of nitrogens with two attached hydrogens (primary N) is 1. The number of benzene rings is 1. The lowest BCUT2D eigenvalue weighted by Gasteiger charge is -2.25. The second-order valence-electron chi connectivity index (χ2n) is 5.88. The second kappa shape index (κ2) is 3.26. The molecular formula is C15H21NO. The van der Waals surface area contributed by atoms with E-state index in [2.05, 4.69) is 26.0 Å². The van der Waals surface area contributed by atoms with E-state index in [-0.39, 0.29) is 11.0 Å². The van der Waals surface area contributed by atoms with Gasteiger partial charge < -0.3 is 10.5 Å². The average molecular weight is 231 g/mol. The third-order valence-corrected chi connectivity index (χ3v) is 4.71. The second-order valence-corrected chi connectivity index (χ2v) is 5.88.